The average Bonchev–Trinajstić information content (AvgIpc) is 3.42. The lowest BCUT2D eigenvalue weighted by molar-refractivity contribution is -0.118. The van der Waals surface area contributed by atoms with E-state index in [9.17, 15) is 9.18 Å². The van der Waals surface area contributed by atoms with Gasteiger partial charge in [0.05, 0.1) is 5.92 Å². The van der Waals surface area contributed by atoms with E-state index in [1.165, 1.54) is 12.1 Å². The van der Waals surface area contributed by atoms with Gasteiger partial charge in [-0.15, -0.1) is 0 Å². The molecular weight excluding hydrogens is 309 g/mol. The molecule has 4 nitrogen and oxygen atoms in total. The van der Waals surface area contributed by atoms with Crippen molar-refractivity contribution in [1.82, 2.24) is 0 Å². The second-order valence-corrected chi connectivity index (χ2v) is 6.21. The van der Waals surface area contributed by atoms with Crippen LogP contribution >= 0.6 is 0 Å². The van der Waals surface area contributed by atoms with E-state index >= 15 is 0 Å². The zero-order valence-corrected chi connectivity index (χ0v) is 13.1. The monoisotopic (exact) mass is 327 g/mol. The van der Waals surface area contributed by atoms with Crippen LogP contribution in [0.2, 0.25) is 0 Å². The molecule has 1 unspecified atom stereocenters. The SMILES string of the molecule is O=C(Nc1ccc2c(c1)OCCO2)C(c1ccc(F)cc1)C1CC1. The summed E-state index contributed by atoms with van der Waals surface area (Å²) in [5.41, 5.74) is 1.53. The van der Waals surface area contributed by atoms with Gasteiger partial charge in [-0.1, -0.05) is 12.1 Å². The van der Waals surface area contributed by atoms with Crippen LogP contribution in [-0.2, 0) is 4.79 Å². The van der Waals surface area contributed by atoms with Crippen molar-refractivity contribution in [3.05, 3.63) is 53.8 Å². The van der Waals surface area contributed by atoms with Gasteiger partial charge in [0.15, 0.2) is 11.5 Å². The lowest BCUT2D eigenvalue weighted by atomic mass is 9.93. The third-order valence-corrected chi connectivity index (χ3v) is 4.41. The van der Waals surface area contributed by atoms with Gasteiger partial charge >= 0.3 is 0 Å². The molecule has 0 saturated heterocycles. The Bertz CT molecular complexity index is 756. The van der Waals surface area contributed by atoms with Crippen molar-refractivity contribution in [3.63, 3.8) is 0 Å². The van der Waals surface area contributed by atoms with Gasteiger partial charge in [-0.3, -0.25) is 4.79 Å². The second kappa shape index (κ2) is 6.15. The summed E-state index contributed by atoms with van der Waals surface area (Å²) in [5, 5.41) is 2.96. The third kappa shape index (κ3) is 3.07. The normalized spacial score (nSPS) is 17.2. The quantitative estimate of drug-likeness (QED) is 0.931. The maximum absolute atomic E-state index is 13.1. The molecule has 1 atom stereocenters. The highest BCUT2D eigenvalue weighted by molar-refractivity contribution is 5.96. The van der Waals surface area contributed by atoms with Gasteiger partial charge in [-0.05, 0) is 48.6 Å². The van der Waals surface area contributed by atoms with E-state index in [1.54, 1.807) is 30.3 Å². The Morgan fingerprint density at radius 1 is 1.04 bits per heavy atom. The van der Waals surface area contributed by atoms with Crippen molar-refractivity contribution in [1.29, 1.82) is 0 Å². The minimum absolute atomic E-state index is 0.0687. The number of nitrogens with one attached hydrogen (secondary N) is 1. The molecule has 0 bridgehead atoms. The standard InChI is InChI=1S/C19H18FNO3/c20-14-5-3-13(4-6-14)18(12-1-2-12)19(22)21-15-7-8-16-17(11-15)24-10-9-23-16/h3-8,11-12,18H,1-2,9-10H2,(H,21,22). The summed E-state index contributed by atoms with van der Waals surface area (Å²) >= 11 is 0. The van der Waals surface area contributed by atoms with Crippen LogP contribution in [-0.4, -0.2) is 19.1 Å². The van der Waals surface area contributed by atoms with E-state index in [-0.39, 0.29) is 17.6 Å². The van der Waals surface area contributed by atoms with Crippen LogP contribution in [0.15, 0.2) is 42.5 Å². The minimum atomic E-state index is -0.291. The second-order valence-electron chi connectivity index (χ2n) is 6.21. The fourth-order valence-corrected chi connectivity index (χ4v) is 3.08. The van der Waals surface area contributed by atoms with Gasteiger partial charge in [0, 0.05) is 11.8 Å². The number of fused-ring (bicyclic) bond motifs is 1. The first kappa shape index (κ1) is 15.0. The summed E-state index contributed by atoms with van der Waals surface area (Å²) in [5.74, 6) is 1.05. The van der Waals surface area contributed by atoms with Crippen molar-refractivity contribution in [2.75, 3.05) is 18.5 Å². The molecule has 1 amide bonds. The number of carbonyl (C=O) groups is 1. The highest BCUT2D eigenvalue weighted by Gasteiger charge is 2.37. The topological polar surface area (TPSA) is 47.6 Å². The molecule has 1 aliphatic carbocycles. The largest absolute Gasteiger partial charge is 0.486 e. The maximum atomic E-state index is 13.1. The Balaban J connectivity index is 1.54. The molecule has 2 aromatic rings. The molecule has 124 valence electrons. The molecular formula is C19H18FNO3. The van der Waals surface area contributed by atoms with E-state index in [1.807, 2.05) is 0 Å². The number of rotatable bonds is 4. The molecule has 0 spiro atoms. The summed E-state index contributed by atoms with van der Waals surface area (Å²) in [6.45, 7) is 1.04. The van der Waals surface area contributed by atoms with Gasteiger partial charge in [0.25, 0.3) is 0 Å². The van der Waals surface area contributed by atoms with Crippen molar-refractivity contribution < 1.29 is 18.7 Å². The van der Waals surface area contributed by atoms with Crippen LogP contribution in [0.3, 0.4) is 0 Å². The van der Waals surface area contributed by atoms with Crippen molar-refractivity contribution >= 4 is 11.6 Å². The van der Waals surface area contributed by atoms with Gasteiger partial charge in [-0.25, -0.2) is 4.39 Å². The van der Waals surface area contributed by atoms with Crippen LogP contribution < -0.4 is 14.8 Å². The number of carbonyl (C=O) groups excluding carboxylic acids is 1. The Morgan fingerprint density at radius 3 is 2.46 bits per heavy atom. The lowest BCUT2D eigenvalue weighted by Gasteiger charge is -2.20. The highest BCUT2D eigenvalue weighted by atomic mass is 19.1. The number of hydrogen-bond donors (Lipinski definition) is 1. The van der Waals surface area contributed by atoms with Gasteiger partial charge < -0.3 is 14.8 Å². The van der Waals surface area contributed by atoms with E-state index in [0.29, 0.717) is 36.3 Å². The van der Waals surface area contributed by atoms with E-state index < -0.39 is 0 Å². The predicted octanol–water partition coefficient (Wildman–Crippen LogP) is 3.73. The molecule has 1 saturated carbocycles. The number of anilines is 1. The maximum Gasteiger partial charge on any atom is 0.232 e. The zero-order chi connectivity index (χ0) is 16.5. The van der Waals surface area contributed by atoms with Crippen LogP contribution in [0.25, 0.3) is 0 Å². The molecule has 1 N–H and O–H groups in total. The number of amides is 1. The Labute approximate surface area is 139 Å². The Morgan fingerprint density at radius 2 is 1.75 bits per heavy atom. The van der Waals surface area contributed by atoms with Crippen molar-refractivity contribution in [2.45, 2.75) is 18.8 Å². The average molecular weight is 327 g/mol. The molecule has 1 aliphatic heterocycles. The van der Waals surface area contributed by atoms with Crippen molar-refractivity contribution in [2.24, 2.45) is 5.92 Å². The van der Waals surface area contributed by atoms with E-state index in [4.69, 9.17) is 9.47 Å². The number of halogens is 1. The molecule has 1 fully saturated rings. The van der Waals surface area contributed by atoms with Crippen LogP contribution in [0.1, 0.15) is 24.3 Å². The van der Waals surface area contributed by atoms with Crippen LogP contribution in [0, 0.1) is 11.7 Å². The number of hydrogen-bond acceptors (Lipinski definition) is 3. The van der Waals surface area contributed by atoms with Gasteiger partial charge in [0.2, 0.25) is 5.91 Å². The smallest absolute Gasteiger partial charge is 0.232 e. The third-order valence-electron chi connectivity index (χ3n) is 4.41. The molecule has 0 radical (unpaired) electrons. The molecule has 5 heteroatoms. The highest BCUT2D eigenvalue weighted by Crippen LogP contribution is 2.43. The first-order valence-electron chi connectivity index (χ1n) is 8.17. The molecule has 0 aromatic heterocycles. The summed E-state index contributed by atoms with van der Waals surface area (Å²) < 4.78 is 24.2. The van der Waals surface area contributed by atoms with Crippen LogP contribution in [0.5, 0.6) is 11.5 Å². The zero-order valence-electron chi connectivity index (χ0n) is 13.1. The molecule has 1 heterocycles. The first-order chi connectivity index (χ1) is 11.7. The van der Waals surface area contributed by atoms with E-state index in [0.717, 1.165) is 18.4 Å². The predicted molar refractivity (Wildman–Crippen MR) is 87.9 cm³/mol. The fraction of sp³-hybridized carbons (Fsp3) is 0.316. The molecule has 4 rings (SSSR count). The Kier molecular flexibility index (Phi) is 3.84. The van der Waals surface area contributed by atoms with E-state index in [2.05, 4.69) is 5.32 Å². The van der Waals surface area contributed by atoms with Gasteiger partial charge in [0.1, 0.15) is 19.0 Å². The fourth-order valence-electron chi connectivity index (χ4n) is 3.08. The lowest BCUT2D eigenvalue weighted by Crippen LogP contribution is -2.23. The van der Waals surface area contributed by atoms with Crippen molar-refractivity contribution in [3.8, 4) is 11.5 Å². The number of ether oxygens (including phenoxy) is 2. The first-order valence-corrected chi connectivity index (χ1v) is 8.17. The summed E-state index contributed by atoms with van der Waals surface area (Å²) in [7, 11) is 0. The molecule has 2 aliphatic rings. The van der Waals surface area contributed by atoms with Crippen LogP contribution in [0.4, 0.5) is 10.1 Å². The number of benzene rings is 2. The molecule has 2 aromatic carbocycles. The summed E-state index contributed by atoms with van der Waals surface area (Å²) in [6, 6.07) is 11.6. The summed E-state index contributed by atoms with van der Waals surface area (Å²) in [4.78, 5) is 12.8. The Hall–Kier alpha value is -2.56. The molecule has 24 heavy (non-hydrogen) atoms. The summed E-state index contributed by atoms with van der Waals surface area (Å²) in [6.07, 6.45) is 2.05. The minimum Gasteiger partial charge on any atom is -0.486 e. The van der Waals surface area contributed by atoms with Gasteiger partial charge in [-0.2, -0.15) is 0 Å².